The number of ether oxygens (including phenoxy) is 1. The van der Waals surface area contributed by atoms with Gasteiger partial charge in [-0.3, -0.25) is 4.79 Å². The van der Waals surface area contributed by atoms with Crippen LogP contribution in [0.2, 0.25) is 0 Å². The topological polar surface area (TPSA) is 43.4 Å². The molecule has 0 heterocycles. The number of carbonyl (C=O) groups excluding carboxylic acids is 2. The quantitative estimate of drug-likeness (QED) is 0.520. The molecule has 0 N–H and O–H groups in total. The second-order valence-electron chi connectivity index (χ2n) is 6.76. The fraction of sp³-hybridized carbons (Fsp3) is 0.882. The van der Waals surface area contributed by atoms with Gasteiger partial charge in [-0.2, -0.15) is 0 Å². The number of hydrogen-bond donors (Lipinski definition) is 0. The van der Waals surface area contributed by atoms with Crippen molar-refractivity contribution in [2.45, 2.75) is 78.7 Å². The average Bonchev–Trinajstić information content (AvgIpc) is 2.34. The highest BCUT2D eigenvalue weighted by atomic mass is 16.5. The summed E-state index contributed by atoms with van der Waals surface area (Å²) < 4.78 is 5.72. The number of hydrogen-bond acceptors (Lipinski definition) is 3. The highest BCUT2D eigenvalue weighted by Gasteiger charge is 2.33. The van der Waals surface area contributed by atoms with Crippen LogP contribution in [-0.4, -0.2) is 17.9 Å². The lowest BCUT2D eigenvalue weighted by Crippen LogP contribution is -2.35. The molecule has 1 rings (SSSR count). The molecule has 3 atom stereocenters. The second kappa shape index (κ2) is 8.43. The molecule has 20 heavy (non-hydrogen) atoms. The van der Waals surface area contributed by atoms with E-state index in [-0.39, 0.29) is 17.9 Å². The second-order valence-corrected chi connectivity index (χ2v) is 6.76. The van der Waals surface area contributed by atoms with Crippen molar-refractivity contribution < 1.29 is 14.3 Å². The zero-order valence-corrected chi connectivity index (χ0v) is 13.5. The van der Waals surface area contributed by atoms with E-state index in [0.717, 1.165) is 19.3 Å². The lowest BCUT2D eigenvalue weighted by Gasteiger charge is -2.36. The van der Waals surface area contributed by atoms with Gasteiger partial charge >= 0.3 is 5.97 Å². The van der Waals surface area contributed by atoms with E-state index >= 15 is 0 Å². The molecule has 1 aliphatic carbocycles. The standard InChI is InChI=1S/C17H30O3/c1-12(2)15-10-9-13(3)11-16(15)20-17(19)8-6-5-7-14(4)18/h12-13,15-16H,5-11H2,1-4H3/t13-,15+,16-/m1/s1. The Morgan fingerprint density at radius 1 is 1.15 bits per heavy atom. The summed E-state index contributed by atoms with van der Waals surface area (Å²) in [6.45, 7) is 8.27. The zero-order chi connectivity index (χ0) is 15.1. The van der Waals surface area contributed by atoms with Crippen LogP contribution < -0.4 is 0 Å². The summed E-state index contributed by atoms with van der Waals surface area (Å²) in [5.74, 6) is 1.84. The van der Waals surface area contributed by atoms with Gasteiger partial charge in [0.05, 0.1) is 0 Å². The molecular formula is C17H30O3. The van der Waals surface area contributed by atoms with E-state index in [1.54, 1.807) is 6.92 Å². The van der Waals surface area contributed by atoms with Gasteiger partial charge in [0.1, 0.15) is 11.9 Å². The van der Waals surface area contributed by atoms with Crippen LogP contribution in [-0.2, 0) is 14.3 Å². The number of esters is 1. The lowest BCUT2D eigenvalue weighted by atomic mass is 9.75. The molecule has 0 unspecified atom stereocenters. The van der Waals surface area contributed by atoms with Gasteiger partial charge in [-0.25, -0.2) is 0 Å². The van der Waals surface area contributed by atoms with Gasteiger partial charge in [-0.05, 0) is 50.4 Å². The maximum absolute atomic E-state index is 11.9. The van der Waals surface area contributed by atoms with Gasteiger partial charge in [0.15, 0.2) is 0 Å². The Bertz CT molecular complexity index is 322. The Balaban J connectivity index is 2.35. The van der Waals surface area contributed by atoms with Crippen molar-refractivity contribution in [1.82, 2.24) is 0 Å². The summed E-state index contributed by atoms with van der Waals surface area (Å²) in [7, 11) is 0. The van der Waals surface area contributed by atoms with Crippen molar-refractivity contribution in [2.75, 3.05) is 0 Å². The molecule has 0 amide bonds. The minimum atomic E-state index is -0.0849. The van der Waals surface area contributed by atoms with Crippen molar-refractivity contribution in [2.24, 2.45) is 17.8 Å². The van der Waals surface area contributed by atoms with Gasteiger partial charge in [0.25, 0.3) is 0 Å². The molecule has 0 saturated heterocycles. The SMILES string of the molecule is CC(=O)CCCCC(=O)O[C@@H]1C[C@H](C)CC[C@H]1C(C)C. The van der Waals surface area contributed by atoms with E-state index < -0.39 is 0 Å². The largest absolute Gasteiger partial charge is 0.462 e. The zero-order valence-electron chi connectivity index (χ0n) is 13.5. The summed E-state index contributed by atoms with van der Waals surface area (Å²) in [6.07, 6.45) is 6.08. The normalized spacial score (nSPS) is 26.6. The summed E-state index contributed by atoms with van der Waals surface area (Å²) in [5.41, 5.74) is 0. The summed E-state index contributed by atoms with van der Waals surface area (Å²) in [5, 5.41) is 0. The highest BCUT2D eigenvalue weighted by Crippen LogP contribution is 2.35. The van der Waals surface area contributed by atoms with Gasteiger partial charge in [0, 0.05) is 12.8 Å². The van der Waals surface area contributed by atoms with Crippen LogP contribution in [0.1, 0.15) is 72.6 Å². The smallest absolute Gasteiger partial charge is 0.306 e. The third kappa shape index (κ3) is 6.06. The Kier molecular flexibility index (Phi) is 7.25. The van der Waals surface area contributed by atoms with Crippen LogP contribution in [0.4, 0.5) is 0 Å². The lowest BCUT2D eigenvalue weighted by molar-refractivity contribution is -0.156. The molecule has 0 aromatic heterocycles. The average molecular weight is 282 g/mol. The summed E-state index contributed by atoms with van der Waals surface area (Å²) >= 11 is 0. The van der Waals surface area contributed by atoms with Crippen LogP contribution in [0, 0.1) is 17.8 Å². The van der Waals surface area contributed by atoms with Crippen LogP contribution in [0.5, 0.6) is 0 Å². The third-order valence-corrected chi connectivity index (χ3v) is 4.40. The minimum Gasteiger partial charge on any atom is -0.462 e. The molecule has 0 aromatic rings. The van der Waals surface area contributed by atoms with Gasteiger partial charge in [-0.15, -0.1) is 0 Å². The predicted octanol–water partition coefficient (Wildman–Crippen LogP) is 4.14. The molecule has 116 valence electrons. The number of rotatable bonds is 7. The number of carbonyl (C=O) groups is 2. The Morgan fingerprint density at radius 2 is 1.80 bits per heavy atom. The molecule has 1 fully saturated rings. The van der Waals surface area contributed by atoms with Crippen LogP contribution in [0.25, 0.3) is 0 Å². The van der Waals surface area contributed by atoms with E-state index in [9.17, 15) is 9.59 Å². The summed E-state index contributed by atoms with van der Waals surface area (Å²) in [6, 6.07) is 0. The predicted molar refractivity (Wildman–Crippen MR) is 80.4 cm³/mol. The number of Topliss-reactive ketones (excluding diaryl/α,β-unsaturated/α-hetero) is 1. The fourth-order valence-corrected chi connectivity index (χ4v) is 3.12. The highest BCUT2D eigenvalue weighted by molar-refractivity contribution is 5.75. The van der Waals surface area contributed by atoms with Crippen LogP contribution >= 0.6 is 0 Å². The van der Waals surface area contributed by atoms with Crippen LogP contribution in [0.15, 0.2) is 0 Å². The van der Waals surface area contributed by atoms with Crippen molar-refractivity contribution in [3.63, 3.8) is 0 Å². The number of unbranched alkanes of at least 4 members (excludes halogenated alkanes) is 1. The maximum atomic E-state index is 11.9. The molecule has 0 aromatic carbocycles. The monoisotopic (exact) mass is 282 g/mol. The maximum Gasteiger partial charge on any atom is 0.306 e. The molecule has 1 saturated carbocycles. The van der Waals surface area contributed by atoms with E-state index in [1.165, 1.54) is 12.8 Å². The molecule has 0 aliphatic heterocycles. The van der Waals surface area contributed by atoms with E-state index in [4.69, 9.17) is 4.74 Å². The first-order valence-corrected chi connectivity index (χ1v) is 8.09. The Labute approximate surface area is 123 Å². The van der Waals surface area contributed by atoms with Crippen molar-refractivity contribution >= 4 is 11.8 Å². The molecule has 0 bridgehead atoms. The minimum absolute atomic E-state index is 0.0849. The Morgan fingerprint density at radius 3 is 2.40 bits per heavy atom. The van der Waals surface area contributed by atoms with E-state index in [2.05, 4.69) is 20.8 Å². The van der Waals surface area contributed by atoms with E-state index in [1.807, 2.05) is 0 Å². The van der Waals surface area contributed by atoms with Crippen molar-refractivity contribution in [3.05, 3.63) is 0 Å². The molecular weight excluding hydrogens is 252 g/mol. The first kappa shape index (κ1) is 17.2. The van der Waals surface area contributed by atoms with Crippen molar-refractivity contribution in [3.8, 4) is 0 Å². The van der Waals surface area contributed by atoms with Gasteiger partial charge in [-0.1, -0.05) is 27.2 Å². The Hall–Kier alpha value is -0.860. The van der Waals surface area contributed by atoms with E-state index in [0.29, 0.717) is 30.6 Å². The third-order valence-electron chi connectivity index (χ3n) is 4.40. The summed E-state index contributed by atoms with van der Waals surface area (Å²) in [4.78, 5) is 22.8. The molecule has 1 aliphatic rings. The number of ketones is 1. The fourth-order valence-electron chi connectivity index (χ4n) is 3.12. The molecule has 3 heteroatoms. The molecule has 3 nitrogen and oxygen atoms in total. The van der Waals surface area contributed by atoms with Crippen LogP contribution in [0.3, 0.4) is 0 Å². The molecule has 0 radical (unpaired) electrons. The van der Waals surface area contributed by atoms with Gasteiger partial charge in [0.2, 0.25) is 0 Å². The molecule has 0 spiro atoms. The van der Waals surface area contributed by atoms with Crippen molar-refractivity contribution in [1.29, 1.82) is 0 Å². The first-order chi connectivity index (χ1) is 9.40. The van der Waals surface area contributed by atoms with Gasteiger partial charge < -0.3 is 9.53 Å². The first-order valence-electron chi connectivity index (χ1n) is 8.09.